The molecule has 36 heavy (non-hydrogen) atoms. The molecule has 0 saturated carbocycles. The molecule has 0 radical (unpaired) electrons. The van der Waals surface area contributed by atoms with Gasteiger partial charge in [0.2, 0.25) is 0 Å². The number of phenols is 1. The molecule has 204 valence electrons. The van der Waals surface area contributed by atoms with Crippen LogP contribution < -0.4 is 4.74 Å². The Bertz CT molecular complexity index is 809. The molecular weight excluding hydrogens is 494 g/mol. The van der Waals surface area contributed by atoms with E-state index >= 15 is 0 Å². The predicted octanol–water partition coefficient (Wildman–Crippen LogP) is 1.84. The smallest absolute Gasteiger partial charge is 0.332 e. The molecule has 12 heteroatoms. The number of hydrogen-bond acceptors (Lipinski definition) is 11. The fourth-order valence-electron chi connectivity index (χ4n) is 2.89. The molecule has 1 unspecified atom stereocenters. The number of thioether (sulfide) groups is 1. The summed E-state index contributed by atoms with van der Waals surface area (Å²) in [6, 6.07) is 5.05. The van der Waals surface area contributed by atoms with Gasteiger partial charge in [0.25, 0.3) is 0 Å². The van der Waals surface area contributed by atoms with Gasteiger partial charge in [-0.05, 0) is 19.1 Å². The zero-order chi connectivity index (χ0) is 26.1. The standard InChI is InChI=1S/C24H37NO10S/c1-24(23(27)28)18-36-22(25-24)19-4-3-5-20(21(19)26)35-17-16-34-15-14-33-13-12-32-11-10-31-9-8-30-7-6-29-2/h3-5,26H,6-18H2,1-2H3,(H,27,28). The first-order chi connectivity index (χ1) is 17.5. The number of carbonyl (C=O) groups is 1. The quantitative estimate of drug-likeness (QED) is 0.225. The summed E-state index contributed by atoms with van der Waals surface area (Å²) in [6.45, 7) is 7.09. The van der Waals surface area contributed by atoms with Gasteiger partial charge in [0.05, 0.1) is 78.2 Å². The molecule has 1 aliphatic rings. The molecule has 0 bridgehead atoms. The molecule has 0 amide bonds. The summed E-state index contributed by atoms with van der Waals surface area (Å²) in [4.78, 5) is 15.7. The Morgan fingerprint density at radius 1 is 0.889 bits per heavy atom. The van der Waals surface area contributed by atoms with Crippen LogP contribution in [0.1, 0.15) is 12.5 Å². The van der Waals surface area contributed by atoms with Crippen LogP contribution in [0.3, 0.4) is 0 Å². The largest absolute Gasteiger partial charge is 0.504 e. The van der Waals surface area contributed by atoms with Gasteiger partial charge in [-0.3, -0.25) is 4.99 Å². The molecule has 1 aliphatic heterocycles. The number of carboxylic acid groups (broad SMARTS) is 1. The highest BCUT2D eigenvalue weighted by Gasteiger charge is 2.39. The van der Waals surface area contributed by atoms with Crippen LogP contribution in [-0.2, 0) is 33.2 Å². The molecule has 1 heterocycles. The SMILES string of the molecule is COCCOCCOCCOCCOCCOCCOc1cccc(C2=NC(C)(C(=O)O)CS2)c1O. The number of phenolic OH excluding ortho intramolecular Hbond substituents is 1. The summed E-state index contributed by atoms with van der Waals surface area (Å²) in [5, 5.41) is 20.4. The second-order valence-electron chi connectivity index (χ2n) is 7.84. The molecular formula is C24H37NO10S. The predicted molar refractivity (Wildman–Crippen MR) is 135 cm³/mol. The summed E-state index contributed by atoms with van der Waals surface area (Å²) in [5.41, 5.74) is -0.739. The van der Waals surface area contributed by atoms with Crippen molar-refractivity contribution in [2.45, 2.75) is 12.5 Å². The van der Waals surface area contributed by atoms with Crippen molar-refractivity contribution >= 4 is 22.8 Å². The minimum Gasteiger partial charge on any atom is -0.504 e. The second kappa shape index (κ2) is 17.5. The summed E-state index contributed by atoms with van der Waals surface area (Å²) in [5.74, 6) is -0.460. The number of carboxylic acids is 1. The van der Waals surface area contributed by atoms with Crippen LogP contribution in [0, 0.1) is 0 Å². The maximum Gasteiger partial charge on any atom is 0.332 e. The maximum absolute atomic E-state index is 11.4. The van der Waals surface area contributed by atoms with Crippen LogP contribution in [0.4, 0.5) is 0 Å². The number of hydrogen-bond donors (Lipinski definition) is 2. The van der Waals surface area contributed by atoms with E-state index in [0.717, 1.165) is 0 Å². The van der Waals surface area contributed by atoms with Crippen LogP contribution in [0.2, 0.25) is 0 Å². The molecule has 0 aliphatic carbocycles. The van der Waals surface area contributed by atoms with E-state index in [1.54, 1.807) is 32.2 Å². The van der Waals surface area contributed by atoms with Crippen molar-refractivity contribution in [2.75, 3.05) is 92.1 Å². The van der Waals surface area contributed by atoms with Gasteiger partial charge in [-0.15, -0.1) is 11.8 Å². The number of aromatic hydroxyl groups is 1. The molecule has 11 nitrogen and oxygen atoms in total. The Morgan fingerprint density at radius 2 is 1.39 bits per heavy atom. The molecule has 0 saturated heterocycles. The van der Waals surface area contributed by atoms with Gasteiger partial charge in [-0.1, -0.05) is 6.07 Å². The van der Waals surface area contributed by atoms with E-state index in [1.165, 1.54) is 11.8 Å². The minimum atomic E-state index is -1.19. The van der Waals surface area contributed by atoms with Crippen LogP contribution >= 0.6 is 11.8 Å². The highest BCUT2D eigenvalue weighted by Crippen LogP contribution is 2.37. The Kier molecular flexibility index (Phi) is 14.7. The van der Waals surface area contributed by atoms with E-state index in [0.29, 0.717) is 94.8 Å². The van der Waals surface area contributed by atoms with E-state index in [4.69, 9.17) is 33.2 Å². The lowest BCUT2D eigenvalue weighted by Gasteiger charge is -2.12. The fraction of sp³-hybridized carbons (Fsp3) is 0.667. The molecule has 2 N–H and O–H groups in total. The van der Waals surface area contributed by atoms with Gasteiger partial charge >= 0.3 is 5.97 Å². The van der Waals surface area contributed by atoms with Crippen LogP contribution in [0.15, 0.2) is 23.2 Å². The van der Waals surface area contributed by atoms with E-state index in [-0.39, 0.29) is 12.4 Å². The molecule has 0 aromatic heterocycles. The topological polar surface area (TPSA) is 135 Å². The third-order valence-electron chi connectivity index (χ3n) is 4.93. The van der Waals surface area contributed by atoms with Crippen molar-refractivity contribution < 1.29 is 48.2 Å². The number of nitrogens with zero attached hydrogens (tertiary/aromatic N) is 1. The molecule has 2 rings (SSSR count). The summed E-state index contributed by atoms with van der Waals surface area (Å²) < 4.78 is 37.5. The van der Waals surface area contributed by atoms with Crippen LogP contribution in [0.25, 0.3) is 0 Å². The van der Waals surface area contributed by atoms with Crippen LogP contribution in [-0.4, -0.2) is 119 Å². The van der Waals surface area contributed by atoms with Crippen molar-refractivity contribution in [1.82, 2.24) is 0 Å². The van der Waals surface area contributed by atoms with Gasteiger partial charge in [0.1, 0.15) is 11.7 Å². The molecule has 0 spiro atoms. The van der Waals surface area contributed by atoms with Crippen molar-refractivity contribution in [3.63, 3.8) is 0 Å². The summed E-state index contributed by atoms with van der Waals surface area (Å²) in [7, 11) is 1.63. The van der Waals surface area contributed by atoms with E-state index < -0.39 is 11.5 Å². The highest BCUT2D eigenvalue weighted by atomic mass is 32.2. The summed E-state index contributed by atoms with van der Waals surface area (Å²) in [6.07, 6.45) is 0. The Hall–Kier alpha value is -1.93. The van der Waals surface area contributed by atoms with Gasteiger partial charge in [-0.25, -0.2) is 4.79 Å². The molecule has 1 aromatic carbocycles. The van der Waals surface area contributed by atoms with Crippen molar-refractivity contribution in [1.29, 1.82) is 0 Å². The van der Waals surface area contributed by atoms with Crippen molar-refractivity contribution in [3.05, 3.63) is 23.8 Å². The number of aliphatic carboxylic acids is 1. The first-order valence-electron chi connectivity index (χ1n) is 11.8. The van der Waals surface area contributed by atoms with E-state index in [9.17, 15) is 15.0 Å². The monoisotopic (exact) mass is 531 g/mol. The lowest BCUT2D eigenvalue weighted by atomic mass is 10.1. The fourth-order valence-corrected chi connectivity index (χ4v) is 4.08. The normalized spacial score (nSPS) is 17.3. The number of ether oxygens (including phenoxy) is 7. The Labute approximate surface area is 216 Å². The lowest BCUT2D eigenvalue weighted by Crippen LogP contribution is -2.33. The first-order valence-corrected chi connectivity index (χ1v) is 12.8. The maximum atomic E-state index is 11.4. The zero-order valence-electron chi connectivity index (χ0n) is 20.9. The lowest BCUT2D eigenvalue weighted by molar-refractivity contribution is -0.141. The number of benzene rings is 1. The molecule has 1 atom stereocenters. The third kappa shape index (κ3) is 11.0. The molecule has 0 fully saturated rings. The van der Waals surface area contributed by atoms with Gasteiger partial charge < -0.3 is 43.4 Å². The Balaban J connectivity index is 1.48. The highest BCUT2D eigenvalue weighted by molar-refractivity contribution is 8.14. The van der Waals surface area contributed by atoms with Gasteiger partial charge in [-0.2, -0.15) is 0 Å². The van der Waals surface area contributed by atoms with E-state index in [2.05, 4.69) is 4.99 Å². The average Bonchev–Trinajstić information content (AvgIpc) is 3.27. The second-order valence-corrected chi connectivity index (χ2v) is 8.80. The van der Waals surface area contributed by atoms with Gasteiger partial charge in [0.15, 0.2) is 17.0 Å². The average molecular weight is 532 g/mol. The van der Waals surface area contributed by atoms with E-state index in [1.807, 2.05) is 0 Å². The minimum absolute atomic E-state index is 0.0671. The summed E-state index contributed by atoms with van der Waals surface area (Å²) >= 11 is 1.30. The zero-order valence-corrected chi connectivity index (χ0v) is 21.8. The number of methoxy groups -OCH3 is 1. The van der Waals surface area contributed by atoms with Crippen molar-refractivity contribution in [2.24, 2.45) is 4.99 Å². The Morgan fingerprint density at radius 3 is 1.86 bits per heavy atom. The third-order valence-corrected chi connectivity index (χ3v) is 6.22. The number of aliphatic imine (C=N–C) groups is 1. The first kappa shape index (κ1) is 30.3. The molecule has 1 aromatic rings. The number of para-hydroxylation sites is 1. The number of rotatable bonds is 21. The van der Waals surface area contributed by atoms with Crippen molar-refractivity contribution in [3.8, 4) is 11.5 Å². The van der Waals surface area contributed by atoms with Crippen LogP contribution in [0.5, 0.6) is 11.5 Å². The van der Waals surface area contributed by atoms with Gasteiger partial charge in [0, 0.05) is 12.9 Å².